The summed E-state index contributed by atoms with van der Waals surface area (Å²) >= 11 is 0. The molecule has 2 aromatic carbocycles. The third-order valence-corrected chi connectivity index (χ3v) is 5.10. The van der Waals surface area contributed by atoms with Gasteiger partial charge in [-0.05, 0) is 42.8 Å². The fourth-order valence-electron chi connectivity index (χ4n) is 3.29. The van der Waals surface area contributed by atoms with Gasteiger partial charge in [-0.15, -0.1) is 5.10 Å². The Kier molecular flexibility index (Phi) is 5.73. The minimum atomic E-state index is -4.43. The zero-order chi connectivity index (χ0) is 24.6. The fraction of sp³-hybridized carbons (Fsp3) is 0.136. The molecule has 4 aromatic rings. The predicted octanol–water partition coefficient (Wildman–Crippen LogP) is 3.69. The van der Waals surface area contributed by atoms with Crippen LogP contribution in [0.15, 0.2) is 48.5 Å². The van der Waals surface area contributed by atoms with E-state index in [1.165, 1.54) is 28.9 Å². The van der Waals surface area contributed by atoms with Crippen molar-refractivity contribution in [3.63, 3.8) is 0 Å². The van der Waals surface area contributed by atoms with Crippen molar-refractivity contribution in [2.45, 2.75) is 19.6 Å². The lowest BCUT2D eigenvalue weighted by Crippen LogP contribution is -2.18. The zero-order valence-electron chi connectivity index (χ0n) is 17.5. The van der Waals surface area contributed by atoms with Crippen molar-refractivity contribution < 1.29 is 27.2 Å². The number of pyridine rings is 1. The molecule has 0 aliphatic carbocycles. The number of hydrogen-bond donors (Lipinski definition) is 2. The van der Waals surface area contributed by atoms with Crippen molar-refractivity contribution in [2.75, 3.05) is 5.32 Å². The van der Waals surface area contributed by atoms with Gasteiger partial charge < -0.3 is 11.1 Å². The minimum Gasteiger partial charge on any atom is -0.364 e. The van der Waals surface area contributed by atoms with E-state index in [9.17, 15) is 27.2 Å². The highest BCUT2D eigenvalue weighted by atomic mass is 19.4. The van der Waals surface area contributed by atoms with Crippen molar-refractivity contribution in [3.8, 4) is 0 Å². The first-order valence-electron chi connectivity index (χ1n) is 9.80. The number of nitrogens with zero attached hydrogens (tertiary/aromatic N) is 4. The van der Waals surface area contributed by atoms with E-state index < -0.39 is 29.4 Å². The van der Waals surface area contributed by atoms with E-state index in [-0.39, 0.29) is 29.1 Å². The van der Waals surface area contributed by atoms with Crippen LogP contribution in [-0.4, -0.2) is 31.8 Å². The Hall–Kier alpha value is -4.35. The second-order valence-electron chi connectivity index (χ2n) is 7.41. The smallest absolute Gasteiger partial charge is 0.364 e. The maximum absolute atomic E-state index is 13.6. The molecule has 2 amide bonds. The number of benzene rings is 2. The number of amides is 2. The van der Waals surface area contributed by atoms with E-state index in [4.69, 9.17) is 5.73 Å². The molecule has 0 atom stereocenters. The lowest BCUT2D eigenvalue weighted by Gasteiger charge is -2.09. The number of carbonyl (C=O) groups excluding carboxylic acids is 2. The van der Waals surface area contributed by atoms with Gasteiger partial charge in [-0.25, -0.2) is 14.1 Å². The van der Waals surface area contributed by atoms with Gasteiger partial charge in [-0.3, -0.25) is 9.59 Å². The topological polar surface area (TPSA) is 116 Å². The third-order valence-electron chi connectivity index (χ3n) is 5.10. The first-order valence-corrected chi connectivity index (χ1v) is 9.80. The van der Waals surface area contributed by atoms with E-state index in [1.807, 2.05) is 0 Å². The largest absolute Gasteiger partial charge is 0.416 e. The number of nitrogens with two attached hydrogens (primary N) is 1. The second kappa shape index (κ2) is 8.54. The molecule has 12 heteroatoms. The van der Waals surface area contributed by atoms with E-state index in [2.05, 4.69) is 20.6 Å². The summed E-state index contributed by atoms with van der Waals surface area (Å²) in [4.78, 5) is 28.6. The normalized spacial score (nSPS) is 11.6. The maximum Gasteiger partial charge on any atom is 0.416 e. The summed E-state index contributed by atoms with van der Waals surface area (Å²) in [5.74, 6) is -2.05. The lowest BCUT2D eigenvalue weighted by atomic mass is 10.1. The number of nitrogens with one attached hydrogen (secondary N) is 1. The molecule has 0 bridgehead atoms. The Morgan fingerprint density at radius 3 is 2.44 bits per heavy atom. The summed E-state index contributed by atoms with van der Waals surface area (Å²) in [7, 11) is 0. The fourth-order valence-corrected chi connectivity index (χ4v) is 3.29. The molecule has 0 saturated heterocycles. The van der Waals surface area contributed by atoms with Crippen molar-refractivity contribution in [1.29, 1.82) is 0 Å². The summed E-state index contributed by atoms with van der Waals surface area (Å²) in [6.45, 7) is 1.74. The Labute approximate surface area is 189 Å². The molecule has 3 N–H and O–H groups in total. The van der Waals surface area contributed by atoms with Crippen LogP contribution >= 0.6 is 0 Å². The summed E-state index contributed by atoms with van der Waals surface area (Å²) in [5.41, 5.74) is 5.38. The molecule has 2 heterocycles. The van der Waals surface area contributed by atoms with Gasteiger partial charge in [0.25, 0.3) is 11.8 Å². The van der Waals surface area contributed by atoms with Crippen LogP contribution in [0.2, 0.25) is 0 Å². The van der Waals surface area contributed by atoms with Crippen molar-refractivity contribution >= 4 is 28.5 Å². The van der Waals surface area contributed by atoms with E-state index in [1.54, 1.807) is 6.92 Å². The summed E-state index contributed by atoms with van der Waals surface area (Å²) in [6.07, 6.45) is -4.43. The number of hydrogen-bond acceptors (Lipinski definition) is 5. The van der Waals surface area contributed by atoms with Crippen molar-refractivity contribution in [1.82, 2.24) is 20.0 Å². The number of fused-ring (bicyclic) bond motifs is 1. The summed E-state index contributed by atoms with van der Waals surface area (Å²) in [6, 6.07) is 9.37. The van der Waals surface area contributed by atoms with Crippen LogP contribution in [0.25, 0.3) is 10.9 Å². The molecule has 0 aliphatic rings. The van der Waals surface area contributed by atoms with Crippen LogP contribution in [0.4, 0.5) is 23.4 Å². The number of anilines is 1. The number of primary amides is 1. The Bertz CT molecular complexity index is 1410. The molecule has 0 radical (unpaired) electrons. The first-order chi connectivity index (χ1) is 16.0. The van der Waals surface area contributed by atoms with Crippen LogP contribution < -0.4 is 11.1 Å². The van der Waals surface area contributed by atoms with Crippen LogP contribution in [0.5, 0.6) is 0 Å². The zero-order valence-corrected chi connectivity index (χ0v) is 17.5. The molecule has 4 rings (SSSR count). The van der Waals surface area contributed by atoms with Gasteiger partial charge >= 0.3 is 6.18 Å². The predicted molar refractivity (Wildman–Crippen MR) is 113 cm³/mol. The summed E-state index contributed by atoms with van der Waals surface area (Å²) in [5, 5.41) is 10.7. The monoisotopic (exact) mass is 472 g/mol. The van der Waals surface area contributed by atoms with Gasteiger partial charge in [-0.1, -0.05) is 17.3 Å². The van der Waals surface area contributed by atoms with Gasteiger partial charge in [0.2, 0.25) is 0 Å². The Balaban J connectivity index is 1.59. The molecule has 0 fully saturated rings. The van der Waals surface area contributed by atoms with E-state index in [0.29, 0.717) is 16.6 Å². The third kappa shape index (κ3) is 4.56. The van der Waals surface area contributed by atoms with Crippen LogP contribution in [-0.2, 0) is 12.7 Å². The SMILES string of the molecule is Cc1c(NC(=O)c2cc(C(N)=O)nc3cc(F)ccc23)nnn1Cc1ccc(C(F)(F)F)cc1. The van der Waals surface area contributed by atoms with Crippen molar-refractivity contribution in [2.24, 2.45) is 5.73 Å². The van der Waals surface area contributed by atoms with Crippen LogP contribution in [0, 0.1) is 12.7 Å². The molecular formula is C22H16F4N6O2. The molecule has 0 aliphatic heterocycles. The number of aromatic nitrogens is 4. The molecule has 0 saturated carbocycles. The van der Waals surface area contributed by atoms with Gasteiger partial charge in [0.05, 0.1) is 28.9 Å². The minimum absolute atomic E-state index is 0.0236. The van der Waals surface area contributed by atoms with Crippen LogP contribution in [0.1, 0.15) is 37.7 Å². The van der Waals surface area contributed by atoms with Gasteiger partial charge in [0.1, 0.15) is 11.5 Å². The Morgan fingerprint density at radius 1 is 1.09 bits per heavy atom. The highest BCUT2D eigenvalue weighted by Gasteiger charge is 2.30. The maximum atomic E-state index is 13.6. The first kappa shape index (κ1) is 22.8. The average molecular weight is 472 g/mol. The number of rotatable bonds is 5. The molecule has 0 unspecified atom stereocenters. The molecule has 0 spiro atoms. The Morgan fingerprint density at radius 2 is 1.79 bits per heavy atom. The van der Waals surface area contributed by atoms with Gasteiger partial charge in [-0.2, -0.15) is 13.2 Å². The van der Waals surface area contributed by atoms with Gasteiger partial charge in [0, 0.05) is 11.5 Å². The molecular weight excluding hydrogens is 456 g/mol. The number of carbonyl (C=O) groups is 2. The quantitative estimate of drug-likeness (QED) is 0.430. The van der Waals surface area contributed by atoms with Crippen LogP contribution in [0.3, 0.4) is 0 Å². The number of halogens is 4. The highest BCUT2D eigenvalue weighted by molar-refractivity contribution is 6.13. The lowest BCUT2D eigenvalue weighted by molar-refractivity contribution is -0.137. The highest BCUT2D eigenvalue weighted by Crippen LogP contribution is 2.29. The standard InChI is InChI=1S/C22H16F4N6O2/c1-11-20(30-31-32(11)10-12-2-4-13(5-3-12)22(24,25)26)29-21(34)16-9-18(19(27)33)28-17-8-14(23)6-7-15(16)17/h2-9H,10H2,1H3,(H2,27,33)(H,29,34). The van der Waals surface area contributed by atoms with E-state index >= 15 is 0 Å². The second-order valence-corrected chi connectivity index (χ2v) is 7.41. The molecule has 34 heavy (non-hydrogen) atoms. The number of alkyl halides is 3. The van der Waals surface area contributed by atoms with Crippen molar-refractivity contribution in [3.05, 3.63) is 82.4 Å². The van der Waals surface area contributed by atoms with E-state index in [0.717, 1.165) is 24.3 Å². The summed E-state index contributed by atoms with van der Waals surface area (Å²) < 4.78 is 53.3. The average Bonchev–Trinajstić information content (AvgIpc) is 3.11. The van der Waals surface area contributed by atoms with Gasteiger partial charge in [0.15, 0.2) is 5.82 Å². The molecule has 8 nitrogen and oxygen atoms in total. The molecule has 174 valence electrons. The molecule has 2 aromatic heterocycles.